The predicted molar refractivity (Wildman–Crippen MR) is 69.4 cm³/mol. The summed E-state index contributed by atoms with van der Waals surface area (Å²) < 4.78 is 0. The molecule has 1 heterocycles. The third-order valence-electron chi connectivity index (χ3n) is 2.86. The lowest BCUT2D eigenvalue weighted by Crippen LogP contribution is -2.01. The second kappa shape index (κ2) is 4.37. The maximum Gasteiger partial charge on any atom is 0.194 e. The van der Waals surface area contributed by atoms with E-state index in [-0.39, 0.29) is 5.78 Å². The molecular formula is C15H10N2O. The molecule has 0 unspecified atom stereocenters. The van der Waals surface area contributed by atoms with E-state index in [1.807, 2.05) is 42.5 Å². The summed E-state index contributed by atoms with van der Waals surface area (Å²) in [6.45, 7) is 0. The van der Waals surface area contributed by atoms with Crippen LogP contribution in [-0.4, -0.2) is 16.0 Å². The average molecular weight is 234 g/mol. The van der Waals surface area contributed by atoms with Crippen LogP contribution in [0.4, 0.5) is 0 Å². The van der Waals surface area contributed by atoms with Crippen molar-refractivity contribution in [2.24, 2.45) is 0 Å². The molecule has 0 atom stereocenters. The van der Waals surface area contributed by atoms with Gasteiger partial charge in [-0.3, -0.25) is 4.79 Å². The van der Waals surface area contributed by atoms with E-state index < -0.39 is 0 Å². The first kappa shape index (κ1) is 10.6. The van der Waals surface area contributed by atoms with Gasteiger partial charge in [0.15, 0.2) is 5.78 Å². The molecule has 0 N–H and O–H groups in total. The molecular weight excluding hydrogens is 224 g/mol. The van der Waals surface area contributed by atoms with Crippen molar-refractivity contribution in [1.29, 1.82) is 0 Å². The van der Waals surface area contributed by atoms with Crippen molar-refractivity contribution >= 4 is 16.6 Å². The average Bonchev–Trinajstić information content (AvgIpc) is 2.47. The van der Waals surface area contributed by atoms with Gasteiger partial charge in [-0.1, -0.05) is 36.4 Å². The largest absolute Gasteiger partial charge is 0.289 e. The van der Waals surface area contributed by atoms with Crippen LogP contribution in [0.15, 0.2) is 60.9 Å². The van der Waals surface area contributed by atoms with Gasteiger partial charge in [-0.25, -0.2) is 0 Å². The first-order valence-corrected chi connectivity index (χ1v) is 5.65. The number of hydrogen-bond acceptors (Lipinski definition) is 3. The zero-order chi connectivity index (χ0) is 12.4. The van der Waals surface area contributed by atoms with Gasteiger partial charge in [0.2, 0.25) is 0 Å². The molecule has 0 spiro atoms. The van der Waals surface area contributed by atoms with Crippen LogP contribution < -0.4 is 0 Å². The zero-order valence-electron chi connectivity index (χ0n) is 9.58. The molecule has 86 valence electrons. The number of carbonyl (C=O) groups excluding carboxylic acids is 1. The molecule has 0 aliphatic rings. The van der Waals surface area contributed by atoms with Crippen LogP contribution in [0, 0.1) is 0 Å². The van der Waals surface area contributed by atoms with Crippen LogP contribution in [0.3, 0.4) is 0 Å². The molecule has 0 saturated heterocycles. The fraction of sp³-hybridized carbons (Fsp3) is 0. The first-order chi connectivity index (χ1) is 8.84. The molecule has 0 fully saturated rings. The number of rotatable bonds is 2. The summed E-state index contributed by atoms with van der Waals surface area (Å²) in [5.74, 6) is -0.0318. The number of aromatic nitrogens is 2. The van der Waals surface area contributed by atoms with E-state index in [9.17, 15) is 4.79 Å². The second-order valence-electron chi connectivity index (χ2n) is 4.02. The van der Waals surface area contributed by atoms with Crippen LogP contribution >= 0.6 is 0 Å². The van der Waals surface area contributed by atoms with Crippen LogP contribution in [0.1, 0.15) is 15.9 Å². The van der Waals surface area contributed by atoms with Crippen LogP contribution in [0.25, 0.3) is 10.8 Å². The lowest BCUT2D eigenvalue weighted by atomic mass is 10.0. The Morgan fingerprint density at radius 3 is 2.44 bits per heavy atom. The molecule has 1 aromatic heterocycles. The van der Waals surface area contributed by atoms with Gasteiger partial charge in [-0.05, 0) is 22.9 Å². The number of carbonyl (C=O) groups is 1. The smallest absolute Gasteiger partial charge is 0.194 e. The summed E-state index contributed by atoms with van der Waals surface area (Å²) in [5, 5.41) is 9.58. The van der Waals surface area contributed by atoms with Crippen molar-refractivity contribution < 1.29 is 4.79 Å². The maximum absolute atomic E-state index is 12.2. The minimum atomic E-state index is -0.0318. The lowest BCUT2D eigenvalue weighted by molar-refractivity contribution is 0.103. The highest BCUT2D eigenvalue weighted by atomic mass is 16.1. The highest BCUT2D eigenvalue weighted by molar-refractivity contribution is 6.10. The molecule has 0 amide bonds. The maximum atomic E-state index is 12.2. The van der Waals surface area contributed by atoms with E-state index in [1.165, 1.54) is 12.4 Å². The first-order valence-electron chi connectivity index (χ1n) is 5.65. The van der Waals surface area contributed by atoms with Gasteiger partial charge in [0.25, 0.3) is 0 Å². The number of benzene rings is 2. The predicted octanol–water partition coefficient (Wildman–Crippen LogP) is 2.86. The van der Waals surface area contributed by atoms with Crippen LogP contribution in [0.2, 0.25) is 0 Å². The third kappa shape index (κ3) is 1.86. The summed E-state index contributed by atoms with van der Waals surface area (Å²) in [7, 11) is 0. The topological polar surface area (TPSA) is 42.9 Å². The normalized spacial score (nSPS) is 10.4. The van der Waals surface area contributed by atoms with Gasteiger partial charge in [0.1, 0.15) is 0 Å². The van der Waals surface area contributed by atoms with Gasteiger partial charge < -0.3 is 0 Å². The quantitative estimate of drug-likeness (QED) is 0.640. The van der Waals surface area contributed by atoms with E-state index in [2.05, 4.69) is 10.2 Å². The highest BCUT2D eigenvalue weighted by Gasteiger charge is 2.09. The van der Waals surface area contributed by atoms with Crippen molar-refractivity contribution in [3.63, 3.8) is 0 Å². The highest BCUT2D eigenvalue weighted by Crippen LogP contribution is 2.17. The SMILES string of the molecule is O=C(c1ccnnc1)c1ccc2ccccc2c1. The Labute approximate surface area is 104 Å². The molecule has 3 nitrogen and oxygen atoms in total. The number of fused-ring (bicyclic) bond motifs is 1. The van der Waals surface area contributed by atoms with Gasteiger partial charge >= 0.3 is 0 Å². The van der Waals surface area contributed by atoms with E-state index in [0.29, 0.717) is 11.1 Å². The number of nitrogens with zero attached hydrogens (tertiary/aromatic N) is 2. The van der Waals surface area contributed by atoms with Gasteiger partial charge in [-0.2, -0.15) is 10.2 Å². The van der Waals surface area contributed by atoms with Gasteiger partial charge in [0, 0.05) is 11.1 Å². The van der Waals surface area contributed by atoms with Gasteiger partial charge in [0.05, 0.1) is 12.4 Å². The Bertz CT molecular complexity index is 708. The van der Waals surface area contributed by atoms with Crippen molar-refractivity contribution in [3.8, 4) is 0 Å². The van der Waals surface area contributed by atoms with Crippen molar-refractivity contribution in [3.05, 3.63) is 72.1 Å². The molecule has 0 aliphatic heterocycles. The molecule has 3 heteroatoms. The Balaban J connectivity index is 2.07. The van der Waals surface area contributed by atoms with Crippen molar-refractivity contribution in [1.82, 2.24) is 10.2 Å². The Morgan fingerprint density at radius 2 is 1.67 bits per heavy atom. The summed E-state index contributed by atoms with van der Waals surface area (Å²) in [6.07, 6.45) is 3.01. The molecule has 0 bridgehead atoms. The molecule has 3 aromatic rings. The summed E-state index contributed by atoms with van der Waals surface area (Å²) in [6, 6.07) is 15.3. The van der Waals surface area contributed by atoms with E-state index in [1.54, 1.807) is 6.07 Å². The Hall–Kier alpha value is -2.55. The third-order valence-corrected chi connectivity index (χ3v) is 2.86. The van der Waals surface area contributed by atoms with Crippen molar-refractivity contribution in [2.75, 3.05) is 0 Å². The van der Waals surface area contributed by atoms with E-state index in [0.717, 1.165) is 10.8 Å². The van der Waals surface area contributed by atoms with E-state index in [4.69, 9.17) is 0 Å². The fourth-order valence-corrected chi connectivity index (χ4v) is 1.92. The number of ketones is 1. The summed E-state index contributed by atoms with van der Waals surface area (Å²) >= 11 is 0. The van der Waals surface area contributed by atoms with Gasteiger partial charge in [-0.15, -0.1) is 0 Å². The fourth-order valence-electron chi connectivity index (χ4n) is 1.92. The zero-order valence-corrected chi connectivity index (χ0v) is 9.58. The molecule has 0 saturated carbocycles. The minimum absolute atomic E-state index is 0.0318. The Morgan fingerprint density at radius 1 is 0.833 bits per heavy atom. The second-order valence-corrected chi connectivity index (χ2v) is 4.02. The lowest BCUT2D eigenvalue weighted by Gasteiger charge is -2.02. The summed E-state index contributed by atoms with van der Waals surface area (Å²) in [5.41, 5.74) is 1.22. The minimum Gasteiger partial charge on any atom is -0.289 e. The standard InChI is InChI=1S/C15H10N2O/c18-15(14-7-8-16-17-10-14)13-6-5-11-3-1-2-4-12(11)9-13/h1-10H. The van der Waals surface area contributed by atoms with Crippen LogP contribution in [0.5, 0.6) is 0 Å². The van der Waals surface area contributed by atoms with Crippen molar-refractivity contribution in [2.45, 2.75) is 0 Å². The number of hydrogen-bond donors (Lipinski definition) is 0. The molecule has 0 radical (unpaired) electrons. The molecule has 3 rings (SSSR count). The molecule has 0 aliphatic carbocycles. The Kier molecular flexibility index (Phi) is 2.57. The molecule has 2 aromatic carbocycles. The van der Waals surface area contributed by atoms with Crippen LogP contribution in [-0.2, 0) is 0 Å². The molecule has 18 heavy (non-hydrogen) atoms. The van der Waals surface area contributed by atoms with E-state index >= 15 is 0 Å². The summed E-state index contributed by atoms with van der Waals surface area (Å²) in [4.78, 5) is 12.2. The monoisotopic (exact) mass is 234 g/mol.